The lowest BCUT2D eigenvalue weighted by atomic mass is 10.0. The van der Waals surface area contributed by atoms with Crippen LogP contribution in [0.3, 0.4) is 0 Å². The molecule has 3 N–H and O–H groups in total. The summed E-state index contributed by atoms with van der Waals surface area (Å²) < 4.78 is 30.1. The Labute approximate surface area is 116 Å². The summed E-state index contributed by atoms with van der Waals surface area (Å²) in [6.07, 6.45) is 0. The molecule has 2 unspecified atom stereocenters. The van der Waals surface area contributed by atoms with Crippen LogP contribution in [0, 0.1) is 0 Å². The Hall–Kier alpha value is -1.93. The van der Waals surface area contributed by atoms with Crippen molar-refractivity contribution in [2.75, 3.05) is 5.75 Å². The van der Waals surface area contributed by atoms with Crippen molar-refractivity contribution in [2.45, 2.75) is 18.9 Å². The predicted octanol–water partition coefficient (Wildman–Crippen LogP) is 0.247. The number of benzene rings is 1. The van der Waals surface area contributed by atoms with E-state index in [1.165, 1.54) is 0 Å². The van der Waals surface area contributed by atoms with Gasteiger partial charge in [-0.25, -0.2) is 4.79 Å². The van der Waals surface area contributed by atoms with Crippen LogP contribution in [0.5, 0.6) is 0 Å². The first-order chi connectivity index (χ1) is 9.20. The zero-order chi connectivity index (χ0) is 15.3. The van der Waals surface area contributed by atoms with Gasteiger partial charge in [-0.05, 0) is 12.5 Å². The highest BCUT2D eigenvalue weighted by Gasteiger charge is 2.27. The Morgan fingerprint density at radius 2 is 1.80 bits per heavy atom. The summed E-state index contributed by atoms with van der Waals surface area (Å²) in [4.78, 5) is 22.8. The van der Waals surface area contributed by atoms with E-state index in [0.29, 0.717) is 5.56 Å². The number of carboxylic acid groups (broad SMARTS) is 1. The fourth-order valence-electron chi connectivity index (χ4n) is 1.58. The number of hydrogen-bond donors (Lipinski definition) is 3. The third kappa shape index (κ3) is 4.98. The molecule has 7 nitrogen and oxygen atoms in total. The third-order valence-corrected chi connectivity index (χ3v) is 3.44. The van der Waals surface area contributed by atoms with Crippen molar-refractivity contribution in [1.29, 1.82) is 0 Å². The van der Waals surface area contributed by atoms with E-state index in [4.69, 9.17) is 9.66 Å². The van der Waals surface area contributed by atoms with Gasteiger partial charge in [0.25, 0.3) is 10.1 Å². The van der Waals surface area contributed by atoms with E-state index in [0.717, 1.165) is 0 Å². The number of carbonyl (C=O) groups is 2. The Morgan fingerprint density at radius 1 is 1.25 bits per heavy atom. The Bertz CT molecular complexity index is 583. The molecule has 8 heteroatoms. The maximum Gasteiger partial charge on any atom is 0.327 e. The van der Waals surface area contributed by atoms with Crippen molar-refractivity contribution in [1.82, 2.24) is 5.32 Å². The summed E-state index contributed by atoms with van der Waals surface area (Å²) in [6, 6.07) is 6.93. The molecule has 0 aliphatic rings. The summed E-state index contributed by atoms with van der Waals surface area (Å²) in [6.45, 7) is 1.57. The van der Waals surface area contributed by atoms with Crippen LogP contribution >= 0.6 is 0 Å². The molecule has 1 amide bonds. The van der Waals surface area contributed by atoms with E-state index >= 15 is 0 Å². The first kappa shape index (κ1) is 16.1. The highest BCUT2D eigenvalue weighted by molar-refractivity contribution is 7.85. The van der Waals surface area contributed by atoms with Crippen molar-refractivity contribution in [3.05, 3.63) is 35.9 Å². The smallest absolute Gasteiger partial charge is 0.327 e. The first-order valence-electron chi connectivity index (χ1n) is 5.74. The molecule has 1 aromatic rings. The summed E-state index contributed by atoms with van der Waals surface area (Å²) >= 11 is 0. The quantitative estimate of drug-likeness (QED) is 0.648. The Balaban J connectivity index is 2.79. The number of nitrogens with one attached hydrogen (secondary N) is 1. The lowest BCUT2D eigenvalue weighted by molar-refractivity contribution is -0.141. The highest BCUT2D eigenvalue weighted by Crippen LogP contribution is 2.14. The molecule has 0 saturated heterocycles. The molecule has 20 heavy (non-hydrogen) atoms. The number of rotatable bonds is 6. The Kier molecular flexibility index (Phi) is 5.23. The molecule has 0 radical (unpaired) electrons. The Morgan fingerprint density at radius 3 is 2.25 bits per heavy atom. The third-order valence-electron chi connectivity index (χ3n) is 2.68. The minimum atomic E-state index is -4.50. The molecule has 1 rings (SSSR count). The highest BCUT2D eigenvalue weighted by atomic mass is 32.2. The van der Waals surface area contributed by atoms with Crippen LogP contribution in [-0.4, -0.2) is 41.7 Å². The van der Waals surface area contributed by atoms with Crippen LogP contribution in [-0.2, 0) is 19.7 Å². The van der Waals surface area contributed by atoms with E-state index in [2.05, 4.69) is 5.32 Å². The topological polar surface area (TPSA) is 121 Å². The standard InChI is InChI=1S/C12H15NO6S/c1-8(9-5-3-2-4-6-9)11(14)13-10(12(15)16)7-20(17,18)19/h2-6,8,10H,7H2,1H3,(H,13,14)(H,15,16)(H,17,18,19). The molecule has 1 aromatic carbocycles. The average molecular weight is 301 g/mol. The number of amides is 1. The van der Waals surface area contributed by atoms with Crippen molar-refractivity contribution >= 4 is 22.0 Å². The molecule has 0 heterocycles. The number of carboxylic acids is 1. The van der Waals surface area contributed by atoms with E-state index in [9.17, 15) is 18.0 Å². The van der Waals surface area contributed by atoms with Gasteiger partial charge in [-0.2, -0.15) is 8.42 Å². The molecule has 0 spiro atoms. The van der Waals surface area contributed by atoms with Crippen LogP contribution in [0.15, 0.2) is 30.3 Å². The molecule has 0 aliphatic heterocycles. The number of aliphatic carboxylic acids is 1. The number of carbonyl (C=O) groups excluding carboxylic acids is 1. The van der Waals surface area contributed by atoms with Crippen LogP contribution in [0.1, 0.15) is 18.4 Å². The molecule has 0 fully saturated rings. The lowest BCUT2D eigenvalue weighted by Crippen LogP contribution is -2.46. The van der Waals surface area contributed by atoms with E-state index < -0.39 is 39.7 Å². The van der Waals surface area contributed by atoms with Gasteiger partial charge < -0.3 is 10.4 Å². The van der Waals surface area contributed by atoms with Gasteiger partial charge >= 0.3 is 5.97 Å². The summed E-state index contributed by atoms with van der Waals surface area (Å²) in [5, 5.41) is 10.9. The van der Waals surface area contributed by atoms with E-state index in [-0.39, 0.29) is 0 Å². The SMILES string of the molecule is CC(C(=O)NC(CS(=O)(=O)O)C(=O)O)c1ccccc1. The van der Waals surface area contributed by atoms with Crippen molar-refractivity contribution in [2.24, 2.45) is 0 Å². The molecule has 0 saturated carbocycles. The van der Waals surface area contributed by atoms with Crippen LogP contribution in [0.25, 0.3) is 0 Å². The largest absolute Gasteiger partial charge is 0.480 e. The van der Waals surface area contributed by atoms with Gasteiger partial charge in [0.05, 0.1) is 5.92 Å². The van der Waals surface area contributed by atoms with Gasteiger partial charge in [0, 0.05) is 0 Å². The maximum absolute atomic E-state index is 11.9. The fourth-order valence-corrected chi connectivity index (χ4v) is 2.22. The van der Waals surface area contributed by atoms with Crippen LogP contribution < -0.4 is 5.32 Å². The fraction of sp³-hybridized carbons (Fsp3) is 0.333. The van der Waals surface area contributed by atoms with Crippen LogP contribution in [0.4, 0.5) is 0 Å². The molecule has 0 aliphatic carbocycles. The van der Waals surface area contributed by atoms with Crippen molar-refractivity contribution < 1.29 is 27.7 Å². The second-order valence-corrected chi connectivity index (χ2v) is 5.78. The molecule has 2 atom stereocenters. The predicted molar refractivity (Wildman–Crippen MR) is 70.8 cm³/mol. The molecular weight excluding hydrogens is 286 g/mol. The first-order valence-corrected chi connectivity index (χ1v) is 7.35. The van der Waals surface area contributed by atoms with Crippen LogP contribution in [0.2, 0.25) is 0 Å². The van der Waals surface area contributed by atoms with Gasteiger partial charge in [-0.3, -0.25) is 9.35 Å². The zero-order valence-corrected chi connectivity index (χ0v) is 11.5. The zero-order valence-electron chi connectivity index (χ0n) is 10.7. The molecule has 0 aromatic heterocycles. The van der Waals surface area contributed by atoms with Gasteiger partial charge in [0.2, 0.25) is 5.91 Å². The minimum Gasteiger partial charge on any atom is -0.480 e. The van der Waals surface area contributed by atoms with Crippen molar-refractivity contribution in [3.8, 4) is 0 Å². The van der Waals surface area contributed by atoms with E-state index in [1.807, 2.05) is 0 Å². The second-order valence-electron chi connectivity index (χ2n) is 4.28. The van der Waals surface area contributed by atoms with Crippen molar-refractivity contribution in [3.63, 3.8) is 0 Å². The summed E-state index contributed by atoms with van der Waals surface area (Å²) in [5.41, 5.74) is 0.668. The molecule has 0 bridgehead atoms. The number of hydrogen-bond acceptors (Lipinski definition) is 4. The normalized spacial score (nSPS) is 14.3. The van der Waals surface area contributed by atoms with E-state index in [1.54, 1.807) is 37.3 Å². The molecular formula is C12H15NO6S. The monoisotopic (exact) mass is 301 g/mol. The van der Waals surface area contributed by atoms with Gasteiger partial charge in [0.15, 0.2) is 0 Å². The lowest BCUT2D eigenvalue weighted by Gasteiger charge is -2.17. The van der Waals surface area contributed by atoms with Gasteiger partial charge in [-0.1, -0.05) is 30.3 Å². The maximum atomic E-state index is 11.9. The average Bonchev–Trinajstić information content (AvgIpc) is 2.36. The summed E-state index contributed by atoms with van der Waals surface area (Å²) in [5.74, 6) is -3.88. The van der Waals surface area contributed by atoms with Gasteiger partial charge in [-0.15, -0.1) is 0 Å². The molecule has 110 valence electrons. The van der Waals surface area contributed by atoms with Gasteiger partial charge in [0.1, 0.15) is 11.8 Å². The minimum absolute atomic E-state index is 0.632. The summed E-state index contributed by atoms with van der Waals surface area (Å²) in [7, 11) is -4.50. The second kappa shape index (κ2) is 6.49.